The minimum Gasteiger partial charge on any atom is -0.335 e. The molecule has 5 nitrogen and oxygen atoms in total. The molecule has 136 valence electrons. The Morgan fingerprint density at radius 3 is 2.50 bits per heavy atom. The molecule has 0 spiro atoms. The number of nitrogens with one attached hydrogen (secondary N) is 1. The van der Waals surface area contributed by atoms with Crippen molar-refractivity contribution in [1.29, 1.82) is 0 Å². The maximum Gasteiger partial charge on any atom is 0.254 e. The van der Waals surface area contributed by atoms with Gasteiger partial charge in [-0.15, -0.1) is 0 Å². The van der Waals surface area contributed by atoms with Gasteiger partial charge in [0.2, 0.25) is 6.41 Å². The van der Waals surface area contributed by atoms with Gasteiger partial charge in [-0.25, -0.2) is 0 Å². The summed E-state index contributed by atoms with van der Waals surface area (Å²) in [4.78, 5) is 27.8. The first-order valence-electron chi connectivity index (χ1n) is 9.05. The normalized spacial score (nSPS) is 18.2. The van der Waals surface area contributed by atoms with Crippen LogP contribution in [0, 0.1) is 0 Å². The molecule has 1 aliphatic heterocycles. The highest BCUT2D eigenvalue weighted by Crippen LogP contribution is 2.18. The molecule has 26 heavy (non-hydrogen) atoms. The van der Waals surface area contributed by atoms with Crippen molar-refractivity contribution in [3.8, 4) is 0 Å². The average Bonchev–Trinajstić information content (AvgIpc) is 2.85. The molecule has 1 atom stereocenters. The van der Waals surface area contributed by atoms with Crippen molar-refractivity contribution in [3.63, 3.8) is 0 Å². The molecule has 0 aromatic heterocycles. The van der Waals surface area contributed by atoms with E-state index in [1.165, 1.54) is 5.56 Å². The van der Waals surface area contributed by atoms with Crippen LogP contribution in [0.5, 0.6) is 0 Å². The summed E-state index contributed by atoms with van der Waals surface area (Å²) >= 11 is 0. The third-order valence-corrected chi connectivity index (χ3v) is 4.92. The molecule has 1 fully saturated rings. The number of hydrogen-bond acceptors (Lipinski definition) is 3. The van der Waals surface area contributed by atoms with Gasteiger partial charge in [0, 0.05) is 43.5 Å². The fourth-order valence-corrected chi connectivity index (χ4v) is 3.35. The highest BCUT2D eigenvalue weighted by Gasteiger charge is 2.25. The summed E-state index contributed by atoms with van der Waals surface area (Å²) < 4.78 is 0. The zero-order chi connectivity index (χ0) is 18.4. The van der Waals surface area contributed by atoms with E-state index >= 15 is 0 Å². The van der Waals surface area contributed by atoms with Crippen LogP contribution in [0.3, 0.4) is 0 Å². The van der Waals surface area contributed by atoms with Crippen molar-refractivity contribution < 1.29 is 9.59 Å². The van der Waals surface area contributed by atoms with Crippen molar-refractivity contribution in [2.24, 2.45) is 0 Å². The van der Waals surface area contributed by atoms with E-state index in [-0.39, 0.29) is 11.9 Å². The Balaban J connectivity index is 1.64. The number of carbonyl (C=O) groups excluding carboxylic acids is 2. The number of benzene rings is 2. The summed E-state index contributed by atoms with van der Waals surface area (Å²) in [5, 5.41) is 2.59. The lowest BCUT2D eigenvalue weighted by molar-refractivity contribution is -0.105. The van der Waals surface area contributed by atoms with Crippen molar-refractivity contribution in [3.05, 3.63) is 65.7 Å². The number of carbonyl (C=O) groups is 2. The minimum atomic E-state index is 0.0525. The van der Waals surface area contributed by atoms with Crippen molar-refractivity contribution in [2.45, 2.75) is 25.9 Å². The predicted octanol–water partition coefficient (Wildman–Crippen LogP) is 2.99. The van der Waals surface area contributed by atoms with Gasteiger partial charge in [-0.3, -0.25) is 14.5 Å². The van der Waals surface area contributed by atoms with Crippen LogP contribution in [0.1, 0.15) is 29.3 Å². The molecule has 1 aliphatic rings. The molecule has 1 unspecified atom stereocenters. The van der Waals surface area contributed by atoms with Crippen LogP contribution >= 0.6 is 0 Å². The SMILES string of the molecule is CC1CCN(Cc2ccccc2)CCN1C(=O)c1ccc(NC=O)cc1. The standard InChI is InChI=1S/C21H25N3O2/c1-17-11-12-23(15-18-5-3-2-4-6-18)13-14-24(17)21(26)19-7-9-20(10-8-19)22-16-25/h2-10,16-17H,11-15H2,1H3,(H,22,25). The Morgan fingerprint density at radius 1 is 1.08 bits per heavy atom. The lowest BCUT2D eigenvalue weighted by Crippen LogP contribution is -2.39. The minimum absolute atomic E-state index is 0.0525. The summed E-state index contributed by atoms with van der Waals surface area (Å²) in [6.45, 7) is 5.62. The number of rotatable bonds is 5. The van der Waals surface area contributed by atoms with Crippen LogP contribution in [0.4, 0.5) is 5.69 Å². The molecule has 2 aromatic rings. The van der Waals surface area contributed by atoms with Crippen LogP contribution in [-0.2, 0) is 11.3 Å². The molecule has 0 bridgehead atoms. The van der Waals surface area contributed by atoms with Crippen molar-refractivity contribution >= 4 is 18.0 Å². The maximum absolute atomic E-state index is 12.9. The third-order valence-electron chi connectivity index (χ3n) is 4.92. The average molecular weight is 351 g/mol. The number of amides is 2. The lowest BCUT2D eigenvalue weighted by atomic mass is 10.1. The van der Waals surface area contributed by atoms with E-state index in [1.807, 2.05) is 11.0 Å². The first-order chi connectivity index (χ1) is 12.7. The van der Waals surface area contributed by atoms with Gasteiger partial charge in [0.15, 0.2) is 0 Å². The zero-order valence-corrected chi connectivity index (χ0v) is 15.1. The summed E-state index contributed by atoms with van der Waals surface area (Å²) in [5.74, 6) is 0.0525. The molecule has 3 rings (SSSR count). The van der Waals surface area contributed by atoms with E-state index in [0.717, 1.165) is 32.6 Å². The Labute approximate surface area is 154 Å². The number of nitrogens with zero attached hydrogens (tertiary/aromatic N) is 2. The van der Waals surface area contributed by atoms with E-state index in [9.17, 15) is 9.59 Å². The quantitative estimate of drug-likeness (QED) is 0.843. The molecular weight excluding hydrogens is 326 g/mol. The Hall–Kier alpha value is -2.66. The number of anilines is 1. The van der Waals surface area contributed by atoms with E-state index in [1.54, 1.807) is 24.3 Å². The molecule has 2 aromatic carbocycles. The monoisotopic (exact) mass is 351 g/mol. The van der Waals surface area contributed by atoms with Crippen LogP contribution in [0.15, 0.2) is 54.6 Å². The summed E-state index contributed by atoms with van der Waals surface area (Å²) in [6.07, 6.45) is 1.60. The maximum atomic E-state index is 12.9. The van der Waals surface area contributed by atoms with E-state index in [4.69, 9.17) is 0 Å². The van der Waals surface area contributed by atoms with Crippen LogP contribution in [0.2, 0.25) is 0 Å². The molecular formula is C21H25N3O2. The molecule has 1 N–H and O–H groups in total. The number of hydrogen-bond donors (Lipinski definition) is 1. The van der Waals surface area contributed by atoms with E-state index in [0.29, 0.717) is 17.7 Å². The Morgan fingerprint density at radius 2 is 1.81 bits per heavy atom. The van der Waals surface area contributed by atoms with E-state index in [2.05, 4.69) is 41.4 Å². The van der Waals surface area contributed by atoms with Gasteiger partial charge < -0.3 is 10.2 Å². The second-order valence-electron chi connectivity index (χ2n) is 6.74. The third kappa shape index (κ3) is 4.49. The molecule has 1 saturated heterocycles. The van der Waals surface area contributed by atoms with Crippen LogP contribution in [0.25, 0.3) is 0 Å². The molecule has 0 aliphatic carbocycles. The topological polar surface area (TPSA) is 52.6 Å². The highest BCUT2D eigenvalue weighted by atomic mass is 16.2. The Kier molecular flexibility index (Phi) is 6.02. The summed E-state index contributed by atoms with van der Waals surface area (Å²) in [7, 11) is 0. The van der Waals surface area contributed by atoms with Gasteiger partial charge in [-0.05, 0) is 43.2 Å². The van der Waals surface area contributed by atoms with Crippen molar-refractivity contribution in [1.82, 2.24) is 9.80 Å². The molecule has 0 radical (unpaired) electrons. The largest absolute Gasteiger partial charge is 0.335 e. The van der Waals surface area contributed by atoms with Crippen molar-refractivity contribution in [2.75, 3.05) is 25.0 Å². The van der Waals surface area contributed by atoms with Gasteiger partial charge in [-0.1, -0.05) is 30.3 Å². The summed E-state index contributed by atoms with van der Waals surface area (Å²) in [6, 6.07) is 17.7. The van der Waals surface area contributed by atoms with E-state index < -0.39 is 0 Å². The molecule has 2 amide bonds. The highest BCUT2D eigenvalue weighted by molar-refractivity contribution is 5.95. The molecule has 1 heterocycles. The van der Waals surface area contributed by atoms with Gasteiger partial charge in [-0.2, -0.15) is 0 Å². The van der Waals surface area contributed by atoms with Gasteiger partial charge >= 0.3 is 0 Å². The van der Waals surface area contributed by atoms with Gasteiger partial charge in [0.25, 0.3) is 5.91 Å². The lowest BCUT2D eigenvalue weighted by Gasteiger charge is -2.27. The van der Waals surface area contributed by atoms with Crippen LogP contribution in [-0.4, -0.2) is 47.8 Å². The van der Waals surface area contributed by atoms with Gasteiger partial charge in [0.05, 0.1) is 0 Å². The van der Waals surface area contributed by atoms with Crippen LogP contribution < -0.4 is 5.32 Å². The predicted molar refractivity (Wildman–Crippen MR) is 103 cm³/mol. The zero-order valence-electron chi connectivity index (χ0n) is 15.1. The Bertz CT molecular complexity index is 731. The first kappa shape index (κ1) is 18.1. The second-order valence-corrected chi connectivity index (χ2v) is 6.74. The molecule has 0 saturated carbocycles. The fraction of sp³-hybridized carbons (Fsp3) is 0.333. The fourth-order valence-electron chi connectivity index (χ4n) is 3.35. The first-order valence-corrected chi connectivity index (χ1v) is 9.05. The van der Waals surface area contributed by atoms with Gasteiger partial charge in [0.1, 0.15) is 0 Å². The second kappa shape index (κ2) is 8.63. The smallest absolute Gasteiger partial charge is 0.254 e. The molecule has 5 heteroatoms. The summed E-state index contributed by atoms with van der Waals surface area (Å²) in [5.41, 5.74) is 2.65.